The maximum atomic E-state index is 12.3. The Hall–Kier alpha value is -1.44. The van der Waals surface area contributed by atoms with E-state index >= 15 is 0 Å². The number of aromatic amines is 1. The van der Waals surface area contributed by atoms with Gasteiger partial charge in [0, 0.05) is 70.9 Å². The van der Waals surface area contributed by atoms with Crippen molar-refractivity contribution < 1.29 is 9.53 Å². The van der Waals surface area contributed by atoms with Crippen molar-refractivity contribution in [2.24, 2.45) is 5.92 Å². The molecule has 0 bridgehead atoms. The molecule has 7 nitrogen and oxygen atoms in total. The van der Waals surface area contributed by atoms with E-state index in [1.807, 2.05) is 6.20 Å². The van der Waals surface area contributed by atoms with Crippen LogP contribution in [-0.2, 0) is 16.1 Å². The van der Waals surface area contributed by atoms with Crippen molar-refractivity contribution in [1.29, 1.82) is 0 Å². The summed E-state index contributed by atoms with van der Waals surface area (Å²) >= 11 is 0. The van der Waals surface area contributed by atoms with Gasteiger partial charge in [-0.05, 0) is 12.8 Å². The quantitative estimate of drug-likeness (QED) is 0.821. The van der Waals surface area contributed by atoms with Gasteiger partial charge in [0.15, 0.2) is 0 Å². The van der Waals surface area contributed by atoms with Crippen LogP contribution in [0.4, 0.5) is 0 Å². The molecule has 1 atom stereocenters. The van der Waals surface area contributed by atoms with E-state index in [2.05, 4.69) is 25.1 Å². The molecule has 0 aliphatic carbocycles. The van der Waals surface area contributed by atoms with E-state index in [4.69, 9.17) is 4.74 Å². The Balaban J connectivity index is 1.67. The van der Waals surface area contributed by atoms with Crippen LogP contribution in [-0.4, -0.2) is 78.2 Å². The number of nitrogens with one attached hydrogen (secondary N) is 2. The Labute approximate surface area is 137 Å². The summed E-state index contributed by atoms with van der Waals surface area (Å²) in [5, 5.41) is 2.83. The number of carbonyl (C=O) groups excluding carboxylic acids is 1. The van der Waals surface area contributed by atoms with E-state index < -0.39 is 0 Å². The largest absolute Gasteiger partial charge is 0.381 e. The number of hydrogen-bond donors (Lipinski definition) is 2. The molecule has 0 saturated carbocycles. The molecule has 2 fully saturated rings. The van der Waals surface area contributed by atoms with Gasteiger partial charge in [0.2, 0.25) is 5.91 Å². The monoisotopic (exact) mass is 321 g/mol. The fourth-order valence-electron chi connectivity index (χ4n) is 3.61. The van der Waals surface area contributed by atoms with Crippen molar-refractivity contribution in [3.05, 3.63) is 18.2 Å². The number of imidazole rings is 1. The summed E-state index contributed by atoms with van der Waals surface area (Å²) in [5.41, 5.74) is 1.10. The van der Waals surface area contributed by atoms with Crippen molar-refractivity contribution in [1.82, 2.24) is 25.1 Å². The third-order valence-electron chi connectivity index (χ3n) is 4.91. The molecule has 1 aromatic rings. The normalized spacial score (nSPS) is 25.2. The molecule has 2 aliphatic heterocycles. The summed E-state index contributed by atoms with van der Waals surface area (Å²) in [6.45, 7) is 6.10. The second-order valence-corrected chi connectivity index (χ2v) is 6.46. The molecule has 7 heteroatoms. The van der Waals surface area contributed by atoms with Crippen LogP contribution in [0.2, 0.25) is 0 Å². The van der Waals surface area contributed by atoms with Crippen molar-refractivity contribution in [2.45, 2.75) is 25.4 Å². The Morgan fingerprint density at radius 1 is 1.39 bits per heavy atom. The first-order valence-corrected chi connectivity index (χ1v) is 8.49. The number of rotatable bonds is 4. The van der Waals surface area contributed by atoms with Crippen molar-refractivity contribution in [3.63, 3.8) is 0 Å². The van der Waals surface area contributed by atoms with Crippen LogP contribution in [0.5, 0.6) is 0 Å². The zero-order valence-electron chi connectivity index (χ0n) is 13.8. The Morgan fingerprint density at radius 3 is 2.91 bits per heavy atom. The maximum absolute atomic E-state index is 12.3. The van der Waals surface area contributed by atoms with Crippen LogP contribution < -0.4 is 5.32 Å². The van der Waals surface area contributed by atoms with Crippen LogP contribution >= 0.6 is 0 Å². The summed E-state index contributed by atoms with van der Waals surface area (Å²) in [4.78, 5) is 24.4. The number of nitrogens with zero attached hydrogens (tertiary/aromatic N) is 3. The fraction of sp³-hybridized carbons (Fsp3) is 0.750. The van der Waals surface area contributed by atoms with Crippen LogP contribution in [0.1, 0.15) is 18.5 Å². The third-order valence-corrected chi connectivity index (χ3v) is 4.91. The van der Waals surface area contributed by atoms with Gasteiger partial charge in [-0.2, -0.15) is 0 Å². The molecule has 3 heterocycles. The average Bonchev–Trinajstić information content (AvgIpc) is 3.00. The van der Waals surface area contributed by atoms with Gasteiger partial charge in [-0.25, -0.2) is 4.98 Å². The molecule has 2 aliphatic rings. The zero-order valence-corrected chi connectivity index (χ0v) is 13.8. The van der Waals surface area contributed by atoms with Crippen molar-refractivity contribution >= 4 is 5.91 Å². The first-order valence-electron chi connectivity index (χ1n) is 8.49. The minimum Gasteiger partial charge on any atom is -0.381 e. The Bertz CT molecular complexity index is 487. The van der Waals surface area contributed by atoms with Gasteiger partial charge < -0.3 is 15.0 Å². The van der Waals surface area contributed by atoms with E-state index in [1.165, 1.54) is 0 Å². The maximum Gasteiger partial charge on any atom is 0.225 e. The van der Waals surface area contributed by atoms with Crippen LogP contribution in [0.25, 0.3) is 0 Å². The lowest BCUT2D eigenvalue weighted by Crippen LogP contribution is -2.45. The van der Waals surface area contributed by atoms with Gasteiger partial charge in [0.25, 0.3) is 0 Å². The minimum atomic E-state index is 0.00765. The molecule has 1 amide bonds. The minimum absolute atomic E-state index is 0.00765. The number of amides is 1. The lowest BCUT2D eigenvalue weighted by atomic mass is 10.0. The van der Waals surface area contributed by atoms with Crippen molar-refractivity contribution in [3.8, 4) is 0 Å². The molecule has 3 rings (SSSR count). The van der Waals surface area contributed by atoms with Gasteiger partial charge in [0.1, 0.15) is 0 Å². The molecule has 0 unspecified atom stereocenters. The van der Waals surface area contributed by atoms with Gasteiger partial charge in [-0.1, -0.05) is 0 Å². The second-order valence-electron chi connectivity index (χ2n) is 6.46. The lowest BCUT2D eigenvalue weighted by Gasteiger charge is -2.34. The average molecular weight is 321 g/mol. The highest BCUT2D eigenvalue weighted by molar-refractivity contribution is 5.78. The fourth-order valence-corrected chi connectivity index (χ4v) is 3.61. The number of hydrogen-bond acceptors (Lipinski definition) is 5. The molecular weight excluding hydrogens is 294 g/mol. The first-order chi connectivity index (χ1) is 11.3. The topological polar surface area (TPSA) is 73.5 Å². The Morgan fingerprint density at radius 2 is 2.22 bits per heavy atom. The van der Waals surface area contributed by atoms with Gasteiger partial charge in [-0.15, -0.1) is 0 Å². The van der Waals surface area contributed by atoms with Crippen LogP contribution in [0.3, 0.4) is 0 Å². The smallest absolute Gasteiger partial charge is 0.225 e. The highest BCUT2D eigenvalue weighted by Gasteiger charge is 2.31. The Kier molecular flexibility index (Phi) is 5.64. The molecule has 0 spiro atoms. The number of H-pyrrole nitrogens is 1. The molecule has 0 aromatic carbocycles. The van der Waals surface area contributed by atoms with E-state index in [-0.39, 0.29) is 11.8 Å². The van der Waals surface area contributed by atoms with Gasteiger partial charge >= 0.3 is 0 Å². The van der Waals surface area contributed by atoms with Crippen LogP contribution in [0, 0.1) is 5.92 Å². The third kappa shape index (κ3) is 4.31. The van der Waals surface area contributed by atoms with E-state index in [0.29, 0.717) is 6.04 Å². The first kappa shape index (κ1) is 16.4. The second kappa shape index (κ2) is 7.90. The molecule has 128 valence electrons. The van der Waals surface area contributed by atoms with Crippen molar-refractivity contribution in [2.75, 3.05) is 46.4 Å². The SMILES string of the molecule is CNC(=O)[C@H]1CN(Cc2cnc[nH]2)CCN(C2CCOCC2)C1. The van der Waals surface area contributed by atoms with Gasteiger partial charge in [-0.3, -0.25) is 14.6 Å². The summed E-state index contributed by atoms with van der Waals surface area (Å²) in [5.74, 6) is 0.145. The zero-order chi connectivity index (χ0) is 16.1. The molecule has 1 aromatic heterocycles. The van der Waals surface area contributed by atoms with E-state index in [1.54, 1.807) is 13.4 Å². The standard InChI is InChI=1S/C16H27N5O2/c1-17-16(22)13-9-20(11-14-8-18-12-19-14)4-5-21(10-13)15-2-6-23-7-3-15/h8,12-13,15H,2-7,9-11H2,1H3,(H,17,22)(H,18,19)/t13-/m0/s1. The summed E-state index contributed by atoms with van der Waals surface area (Å²) in [6, 6.07) is 0.544. The number of ether oxygens (including phenoxy) is 1. The highest BCUT2D eigenvalue weighted by atomic mass is 16.5. The predicted molar refractivity (Wildman–Crippen MR) is 86.8 cm³/mol. The summed E-state index contributed by atoms with van der Waals surface area (Å²) < 4.78 is 5.48. The molecule has 2 saturated heterocycles. The lowest BCUT2D eigenvalue weighted by molar-refractivity contribution is -0.125. The summed E-state index contributed by atoms with van der Waals surface area (Å²) in [6.07, 6.45) is 5.70. The molecule has 0 radical (unpaired) electrons. The molecule has 2 N–H and O–H groups in total. The molecule has 23 heavy (non-hydrogen) atoms. The summed E-state index contributed by atoms with van der Waals surface area (Å²) in [7, 11) is 1.73. The molecular formula is C16H27N5O2. The number of aromatic nitrogens is 2. The predicted octanol–water partition coefficient (Wildman–Crippen LogP) is 0.0685. The number of carbonyl (C=O) groups is 1. The van der Waals surface area contributed by atoms with Crippen LogP contribution in [0.15, 0.2) is 12.5 Å². The van der Waals surface area contributed by atoms with E-state index in [0.717, 1.165) is 64.5 Å². The van der Waals surface area contributed by atoms with Gasteiger partial charge in [0.05, 0.1) is 12.2 Å². The van der Waals surface area contributed by atoms with E-state index in [9.17, 15) is 4.79 Å². The highest BCUT2D eigenvalue weighted by Crippen LogP contribution is 2.20.